The maximum Gasteiger partial charge on any atom is 0.279 e. The quantitative estimate of drug-likeness (QED) is 0.671. The summed E-state index contributed by atoms with van der Waals surface area (Å²) in [6, 6.07) is 5.02. The topological polar surface area (TPSA) is 71.9 Å². The molecule has 144 valence electrons. The van der Waals surface area contributed by atoms with Gasteiger partial charge in [0.2, 0.25) is 0 Å². The van der Waals surface area contributed by atoms with Gasteiger partial charge in [0.25, 0.3) is 11.8 Å². The number of ether oxygens (including phenoxy) is 1. The van der Waals surface area contributed by atoms with Crippen LogP contribution >= 0.6 is 11.6 Å². The fourth-order valence-corrected chi connectivity index (χ4v) is 3.35. The molecule has 0 aromatic heterocycles. The number of likely N-dealkylation sites (N-methyl/N-ethyl adjacent to an activating group) is 1. The highest BCUT2D eigenvalue weighted by molar-refractivity contribution is 6.31. The monoisotopic (exact) mass is 382 g/mol. The Bertz CT molecular complexity index is 632. The summed E-state index contributed by atoms with van der Waals surface area (Å²) < 4.78 is 5.23. The number of benzene rings is 1. The molecule has 1 saturated carbocycles. The molecule has 2 amide bonds. The number of nitrogens with one attached hydrogen (secondary N) is 3. The van der Waals surface area contributed by atoms with Gasteiger partial charge in [-0.05, 0) is 38.0 Å². The molecule has 1 unspecified atom stereocenters. The van der Waals surface area contributed by atoms with E-state index in [9.17, 15) is 9.59 Å². The lowest BCUT2D eigenvalue weighted by atomic mass is 9.95. The van der Waals surface area contributed by atoms with Crippen LogP contribution in [-0.4, -0.2) is 44.6 Å². The SMILES string of the molecule is COc1ccc(Cl)cc1NC(=O)C[NH+](C)[C@@H](C)C(=O)NC1CCCCC1. The van der Waals surface area contributed by atoms with Crippen molar-refractivity contribution >= 4 is 29.1 Å². The standard InChI is InChI=1S/C19H28ClN3O3/c1-13(19(25)21-15-7-5-4-6-8-15)23(2)12-18(24)22-16-11-14(20)9-10-17(16)26-3/h9-11,13,15H,4-8,12H2,1-3H3,(H,21,25)(H,22,24)/p+1/t13-/m0/s1. The number of halogens is 1. The summed E-state index contributed by atoms with van der Waals surface area (Å²) in [4.78, 5) is 25.6. The van der Waals surface area contributed by atoms with E-state index in [0.29, 0.717) is 16.5 Å². The summed E-state index contributed by atoms with van der Waals surface area (Å²) in [5, 5.41) is 6.44. The maximum atomic E-state index is 12.4. The van der Waals surface area contributed by atoms with E-state index in [2.05, 4.69) is 10.6 Å². The molecule has 1 aliphatic rings. The molecule has 1 aromatic carbocycles. The van der Waals surface area contributed by atoms with Gasteiger partial charge in [-0.15, -0.1) is 0 Å². The van der Waals surface area contributed by atoms with Crippen molar-refractivity contribution in [2.45, 2.75) is 51.1 Å². The predicted octanol–water partition coefficient (Wildman–Crippen LogP) is 1.64. The molecule has 1 fully saturated rings. The van der Waals surface area contributed by atoms with Gasteiger partial charge in [-0.3, -0.25) is 9.59 Å². The smallest absolute Gasteiger partial charge is 0.279 e. The third-order valence-corrected chi connectivity index (χ3v) is 5.19. The van der Waals surface area contributed by atoms with Crippen LogP contribution in [-0.2, 0) is 9.59 Å². The van der Waals surface area contributed by atoms with Gasteiger partial charge in [0.05, 0.1) is 19.8 Å². The molecule has 0 radical (unpaired) electrons. The van der Waals surface area contributed by atoms with Crippen molar-refractivity contribution in [2.24, 2.45) is 0 Å². The van der Waals surface area contributed by atoms with E-state index in [-0.39, 0.29) is 30.4 Å². The predicted molar refractivity (Wildman–Crippen MR) is 103 cm³/mol. The summed E-state index contributed by atoms with van der Waals surface area (Å²) >= 11 is 5.98. The molecule has 0 spiro atoms. The summed E-state index contributed by atoms with van der Waals surface area (Å²) in [7, 11) is 3.38. The molecule has 2 atom stereocenters. The first kappa shape index (κ1) is 20.5. The Labute approximate surface area is 160 Å². The Morgan fingerprint density at radius 2 is 2.00 bits per heavy atom. The van der Waals surface area contributed by atoms with E-state index >= 15 is 0 Å². The van der Waals surface area contributed by atoms with Gasteiger partial charge in [-0.25, -0.2) is 0 Å². The summed E-state index contributed by atoms with van der Waals surface area (Å²) in [6.07, 6.45) is 5.69. The van der Waals surface area contributed by atoms with Gasteiger partial charge in [0.15, 0.2) is 12.6 Å². The van der Waals surface area contributed by atoms with Crippen molar-refractivity contribution in [1.82, 2.24) is 5.32 Å². The van der Waals surface area contributed by atoms with Gasteiger partial charge in [-0.2, -0.15) is 0 Å². The Hall–Kier alpha value is -1.79. The zero-order valence-electron chi connectivity index (χ0n) is 15.7. The first-order valence-corrected chi connectivity index (χ1v) is 9.54. The lowest BCUT2D eigenvalue weighted by Gasteiger charge is -2.26. The van der Waals surface area contributed by atoms with Gasteiger partial charge >= 0.3 is 0 Å². The summed E-state index contributed by atoms with van der Waals surface area (Å²) in [5.74, 6) is 0.353. The number of amides is 2. The van der Waals surface area contributed by atoms with Crippen LogP contribution in [0.5, 0.6) is 5.75 Å². The van der Waals surface area contributed by atoms with E-state index in [4.69, 9.17) is 16.3 Å². The third-order valence-electron chi connectivity index (χ3n) is 4.96. The Kier molecular flexibility index (Phi) is 7.72. The minimum atomic E-state index is -0.302. The van der Waals surface area contributed by atoms with Crippen molar-refractivity contribution in [3.05, 3.63) is 23.2 Å². The molecule has 1 aliphatic carbocycles. The van der Waals surface area contributed by atoms with Crippen LogP contribution in [0.1, 0.15) is 39.0 Å². The van der Waals surface area contributed by atoms with Gasteiger partial charge in [0, 0.05) is 11.1 Å². The minimum absolute atomic E-state index is 0.00235. The zero-order valence-corrected chi connectivity index (χ0v) is 16.5. The van der Waals surface area contributed by atoms with Crippen LogP contribution < -0.4 is 20.3 Å². The number of hydrogen-bond acceptors (Lipinski definition) is 3. The number of quaternary nitrogens is 1. The second-order valence-electron chi connectivity index (χ2n) is 6.98. The van der Waals surface area contributed by atoms with Gasteiger partial charge in [-0.1, -0.05) is 30.9 Å². The first-order valence-electron chi connectivity index (χ1n) is 9.16. The molecule has 7 heteroatoms. The molecule has 6 nitrogen and oxygen atoms in total. The van der Waals surface area contributed by atoms with Crippen molar-refractivity contribution < 1.29 is 19.2 Å². The number of hydrogen-bond donors (Lipinski definition) is 3. The highest BCUT2D eigenvalue weighted by Gasteiger charge is 2.26. The molecular weight excluding hydrogens is 354 g/mol. The second kappa shape index (κ2) is 9.78. The van der Waals surface area contributed by atoms with E-state index in [1.807, 2.05) is 14.0 Å². The lowest BCUT2D eigenvalue weighted by Crippen LogP contribution is -3.15. The molecule has 0 bridgehead atoms. The first-order chi connectivity index (χ1) is 12.4. The third kappa shape index (κ3) is 5.88. The molecule has 0 saturated heterocycles. The number of methoxy groups -OCH3 is 1. The number of rotatable bonds is 7. The number of carbonyl (C=O) groups excluding carboxylic acids is 2. The zero-order chi connectivity index (χ0) is 19.1. The Balaban J connectivity index is 1.87. The number of carbonyl (C=O) groups is 2. The molecular formula is C19H29ClN3O3+. The van der Waals surface area contributed by atoms with Crippen molar-refractivity contribution in [3.63, 3.8) is 0 Å². The highest BCUT2D eigenvalue weighted by atomic mass is 35.5. The Morgan fingerprint density at radius 1 is 1.31 bits per heavy atom. The molecule has 0 heterocycles. The second-order valence-corrected chi connectivity index (χ2v) is 7.42. The molecule has 3 N–H and O–H groups in total. The van der Waals surface area contributed by atoms with E-state index < -0.39 is 0 Å². The fraction of sp³-hybridized carbons (Fsp3) is 0.579. The van der Waals surface area contributed by atoms with Crippen LogP contribution in [0.2, 0.25) is 5.02 Å². The normalized spacial score (nSPS) is 17.2. The van der Waals surface area contributed by atoms with E-state index in [1.54, 1.807) is 18.2 Å². The van der Waals surface area contributed by atoms with E-state index in [1.165, 1.54) is 26.4 Å². The molecule has 26 heavy (non-hydrogen) atoms. The largest absolute Gasteiger partial charge is 0.495 e. The maximum absolute atomic E-state index is 12.4. The van der Waals surface area contributed by atoms with Crippen molar-refractivity contribution in [1.29, 1.82) is 0 Å². The van der Waals surface area contributed by atoms with Crippen LogP contribution in [0, 0.1) is 0 Å². The highest BCUT2D eigenvalue weighted by Crippen LogP contribution is 2.27. The molecule has 2 rings (SSSR count). The molecule has 1 aromatic rings. The van der Waals surface area contributed by atoms with Gasteiger partial charge in [0.1, 0.15) is 5.75 Å². The minimum Gasteiger partial charge on any atom is -0.495 e. The Morgan fingerprint density at radius 3 is 2.65 bits per heavy atom. The van der Waals surface area contributed by atoms with Crippen molar-refractivity contribution in [3.8, 4) is 5.75 Å². The van der Waals surface area contributed by atoms with Crippen LogP contribution in [0.4, 0.5) is 5.69 Å². The van der Waals surface area contributed by atoms with Crippen LogP contribution in [0.3, 0.4) is 0 Å². The number of anilines is 1. The summed E-state index contributed by atoms with van der Waals surface area (Å²) in [6.45, 7) is 2.02. The van der Waals surface area contributed by atoms with Crippen LogP contribution in [0.15, 0.2) is 18.2 Å². The van der Waals surface area contributed by atoms with Crippen LogP contribution in [0.25, 0.3) is 0 Å². The lowest BCUT2D eigenvalue weighted by molar-refractivity contribution is -0.885. The van der Waals surface area contributed by atoms with Crippen molar-refractivity contribution in [2.75, 3.05) is 26.0 Å². The fourth-order valence-electron chi connectivity index (χ4n) is 3.18. The van der Waals surface area contributed by atoms with Gasteiger partial charge < -0.3 is 20.3 Å². The average Bonchev–Trinajstić information content (AvgIpc) is 2.62. The molecule has 0 aliphatic heterocycles. The van der Waals surface area contributed by atoms with E-state index in [0.717, 1.165) is 17.7 Å². The summed E-state index contributed by atoms with van der Waals surface area (Å²) in [5.41, 5.74) is 0.525. The average molecular weight is 383 g/mol.